The molecule has 0 unspecified atom stereocenters. The predicted molar refractivity (Wildman–Crippen MR) is 110 cm³/mol. The zero-order chi connectivity index (χ0) is 20.1. The van der Waals surface area contributed by atoms with E-state index in [1.54, 1.807) is 30.7 Å². The molecule has 3 heterocycles. The van der Waals surface area contributed by atoms with Gasteiger partial charge in [0.2, 0.25) is 5.95 Å². The SMILES string of the molecule is O=C(O)Cc1ccc(-c2ccnc(Nc3cncc(N4CCCCC4)n3)n2)cc1. The van der Waals surface area contributed by atoms with Crippen LogP contribution in [0, 0.1) is 0 Å². The quantitative estimate of drug-likeness (QED) is 0.661. The number of benzene rings is 1. The number of carboxylic acid groups (broad SMARTS) is 1. The molecule has 1 aliphatic heterocycles. The summed E-state index contributed by atoms with van der Waals surface area (Å²) < 4.78 is 0. The molecule has 1 saturated heterocycles. The maximum Gasteiger partial charge on any atom is 0.307 e. The van der Waals surface area contributed by atoms with Crippen LogP contribution in [0.1, 0.15) is 24.8 Å². The average molecular weight is 390 g/mol. The van der Waals surface area contributed by atoms with Crippen molar-refractivity contribution in [3.8, 4) is 11.3 Å². The second-order valence-electron chi connectivity index (χ2n) is 6.97. The number of nitrogens with one attached hydrogen (secondary N) is 1. The zero-order valence-corrected chi connectivity index (χ0v) is 16.0. The van der Waals surface area contributed by atoms with Gasteiger partial charge in [-0.15, -0.1) is 0 Å². The van der Waals surface area contributed by atoms with Crippen LogP contribution in [0.4, 0.5) is 17.6 Å². The third-order valence-corrected chi connectivity index (χ3v) is 4.80. The summed E-state index contributed by atoms with van der Waals surface area (Å²) in [5.74, 6) is 1.04. The maximum atomic E-state index is 10.8. The van der Waals surface area contributed by atoms with E-state index in [9.17, 15) is 4.79 Å². The maximum absolute atomic E-state index is 10.8. The summed E-state index contributed by atoms with van der Waals surface area (Å²) >= 11 is 0. The average Bonchev–Trinajstić information content (AvgIpc) is 2.75. The first-order valence-electron chi connectivity index (χ1n) is 9.65. The van der Waals surface area contributed by atoms with Crippen molar-refractivity contribution >= 4 is 23.6 Å². The Morgan fingerprint density at radius 3 is 2.59 bits per heavy atom. The van der Waals surface area contributed by atoms with Crippen LogP contribution in [0.15, 0.2) is 48.9 Å². The van der Waals surface area contributed by atoms with Gasteiger partial charge in [0.15, 0.2) is 5.82 Å². The molecule has 0 bridgehead atoms. The van der Waals surface area contributed by atoms with Gasteiger partial charge in [0.25, 0.3) is 0 Å². The highest BCUT2D eigenvalue weighted by atomic mass is 16.4. The topological polar surface area (TPSA) is 104 Å². The van der Waals surface area contributed by atoms with Crippen molar-refractivity contribution in [2.45, 2.75) is 25.7 Å². The molecule has 3 aromatic rings. The van der Waals surface area contributed by atoms with Gasteiger partial charge in [-0.25, -0.2) is 15.0 Å². The first kappa shape index (κ1) is 18.8. The summed E-state index contributed by atoms with van der Waals surface area (Å²) in [6, 6.07) is 9.13. The van der Waals surface area contributed by atoms with Crippen molar-refractivity contribution in [3.05, 3.63) is 54.5 Å². The second kappa shape index (κ2) is 8.64. The van der Waals surface area contributed by atoms with Crippen LogP contribution in [-0.4, -0.2) is 44.1 Å². The van der Waals surface area contributed by atoms with Crippen molar-refractivity contribution in [1.29, 1.82) is 0 Å². The van der Waals surface area contributed by atoms with Crippen LogP contribution >= 0.6 is 0 Å². The lowest BCUT2D eigenvalue weighted by Gasteiger charge is -2.27. The van der Waals surface area contributed by atoms with E-state index in [0.29, 0.717) is 11.8 Å². The molecule has 0 aliphatic carbocycles. The second-order valence-corrected chi connectivity index (χ2v) is 6.97. The Morgan fingerprint density at radius 2 is 1.83 bits per heavy atom. The van der Waals surface area contributed by atoms with E-state index < -0.39 is 5.97 Å². The highest BCUT2D eigenvalue weighted by Gasteiger charge is 2.13. The molecule has 0 spiro atoms. The third-order valence-electron chi connectivity index (χ3n) is 4.80. The van der Waals surface area contributed by atoms with Crippen molar-refractivity contribution in [1.82, 2.24) is 19.9 Å². The summed E-state index contributed by atoms with van der Waals surface area (Å²) in [4.78, 5) is 30.9. The molecule has 0 radical (unpaired) electrons. The van der Waals surface area contributed by atoms with Gasteiger partial charge < -0.3 is 15.3 Å². The number of aliphatic carboxylic acids is 1. The Kier molecular flexibility index (Phi) is 5.60. The smallest absolute Gasteiger partial charge is 0.307 e. The number of nitrogens with zero attached hydrogens (tertiary/aromatic N) is 5. The van der Waals surface area contributed by atoms with Gasteiger partial charge in [0.05, 0.1) is 24.5 Å². The molecule has 0 saturated carbocycles. The molecule has 148 valence electrons. The van der Waals surface area contributed by atoms with E-state index in [0.717, 1.165) is 35.7 Å². The summed E-state index contributed by atoms with van der Waals surface area (Å²) in [6.07, 6.45) is 8.74. The third kappa shape index (κ3) is 4.84. The molecule has 8 nitrogen and oxygen atoms in total. The van der Waals surface area contributed by atoms with Crippen molar-refractivity contribution < 1.29 is 9.90 Å². The van der Waals surface area contributed by atoms with Crippen LogP contribution in [0.5, 0.6) is 0 Å². The molecule has 8 heteroatoms. The van der Waals surface area contributed by atoms with E-state index in [2.05, 4.69) is 30.2 Å². The number of piperidine rings is 1. The molecule has 2 N–H and O–H groups in total. The van der Waals surface area contributed by atoms with Crippen LogP contribution in [0.3, 0.4) is 0 Å². The van der Waals surface area contributed by atoms with E-state index in [4.69, 9.17) is 5.11 Å². The predicted octanol–water partition coefficient (Wildman–Crippen LogP) is 3.29. The van der Waals surface area contributed by atoms with Gasteiger partial charge in [-0.05, 0) is 30.9 Å². The van der Waals surface area contributed by atoms with Gasteiger partial charge in [0, 0.05) is 24.8 Å². The Hall–Kier alpha value is -3.55. The van der Waals surface area contributed by atoms with Crippen molar-refractivity contribution in [2.75, 3.05) is 23.3 Å². The fourth-order valence-corrected chi connectivity index (χ4v) is 3.35. The molecule has 0 atom stereocenters. The minimum atomic E-state index is -0.848. The number of carboxylic acids is 1. The zero-order valence-electron chi connectivity index (χ0n) is 16.0. The number of carbonyl (C=O) groups is 1. The summed E-state index contributed by atoms with van der Waals surface area (Å²) in [5, 5.41) is 12.0. The highest BCUT2D eigenvalue weighted by Crippen LogP contribution is 2.21. The number of anilines is 3. The Bertz CT molecular complexity index is 986. The molecule has 4 rings (SSSR count). The van der Waals surface area contributed by atoms with E-state index in [-0.39, 0.29) is 6.42 Å². The lowest BCUT2D eigenvalue weighted by Crippen LogP contribution is -2.30. The van der Waals surface area contributed by atoms with E-state index in [1.165, 1.54) is 19.3 Å². The Morgan fingerprint density at radius 1 is 1.03 bits per heavy atom. The lowest BCUT2D eigenvalue weighted by atomic mass is 10.1. The van der Waals surface area contributed by atoms with Gasteiger partial charge in [-0.2, -0.15) is 0 Å². The molecule has 29 heavy (non-hydrogen) atoms. The molecular weight excluding hydrogens is 368 g/mol. The van der Waals surface area contributed by atoms with Crippen LogP contribution in [-0.2, 0) is 11.2 Å². The fraction of sp³-hybridized carbons (Fsp3) is 0.286. The van der Waals surface area contributed by atoms with Gasteiger partial charge >= 0.3 is 5.97 Å². The molecule has 2 aromatic heterocycles. The molecule has 1 aliphatic rings. The van der Waals surface area contributed by atoms with E-state index >= 15 is 0 Å². The first-order valence-corrected chi connectivity index (χ1v) is 9.65. The number of hydrogen-bond acceptors (Lipinski definition) is 7. The highest BCUT2D eigenvalue weighted by molar-refractivity contribution is 5.71. The molecular formula is C21H22N6O2. The summed E-state index contributed by atoms with van der Waals surface area (Å²) in [5.41, 5.74) is 2.38. The van der Waals surface area contributed by atoms with Crippen LogP contribution in [0.25, 0.3) is 11.3 Å². The van der Waals surface area contributed by atoms with Crippen molar-refractivity contribution in [3.63, 3.8) is 0 Å². The molecule has 1 fully saturated rings. The first-order chi connectivity index (χ1) is 14.2. The molecule has 0 amide bonds. The summed E-state index contributed by atoms with van der Waals surface area (Å²) in [6.45, 7) is 2.00. The Labute approximate surface area is 168 Å². The van der Waals surface area contributed by atoms with Crippen LogP contribution in [0.2, 0.25) is 0 Å². The van der Waals surface area contributed by atoms with Crippen LogP contribution < -0.4 is 10.2 Å². The van der Waals surface area contributed by atoms with Gasteiger partial charge in [-0.1, -0.05) is 24.3 Å². The molecule has 1 aromatic carbocycles. The normalized spacial score (nSPS) is 13.9. The van der Waals surface area contributed by atoms with Gasteiger partial charge in [-0.3, -0.25) is 9.78 Å². The summed E-state index contributed by atoms with van der Waals surface area (Å²) in [7, 11) is 0. The number of aromatic nitrogens is 4. The fourth-order valence-electron chi connectivity index (χ4n) is 3.35. The standard InChI is InChI=1S/C21H22N6O2/c28-20(29)12-15-4-6-16(7-5-15)17-8-9-23-21(24-17)26-18-13-22-14-19(25-18)27-10-2-1-3-11-27/h4-9,13-14H,1-3,10-12H2,(H,28,29)(H,23,24,25,26). The lowest BCUT2D eigenvalue weighted by molar-refractivity contribution is -0.136. The van der Waals surface area contributed by atoms with E-state index in [1.807, 2.05) is 18.2 Å². The minimum absolute atomic E-state index is 0.00286. The largest absolute Gasteiger partial charge is 0.481 e. The number of rotatable bonds is 6. The monoisotopic (exact) mass is 390 g/mol. The van der Waals surface area contributed by atoms with Crippen molar-refractivity contribution in [2.24, 2.45) is 0 Å². The number of hydrogen-bond donors (Lipinski definition) is 2. The minimum Gasteiger partial charge on any atom is -0.481 e. The van der Waals surface area contributed by atoms with Gasteiger partial charge in [0.1, 0.15) is 5.82 Å². The Balaban J connectivity index is 1.50.